The third-order valence-electron chi connectivity index (χ3n) is 3.59. The molecule has 0 unspecified atom stereocenters. The Labute approximate surface area is 139 Å². The smallest absolute Gasteiger partial charge is 0.363 e. The van der Waals surface area contributed by atoms with Crippen LogP contribution in [-0.4, -0.2) is 31.1 Å². The highest BCUT2D eigenvalue weighted by molar-refractivity contribution is 6.12. The summed E-state index contributed by atoms with van der Waals surface area (Å²) in [6, 6.07) is 7.10. The molecule has 0 saturated carbocycles. The van der Waals surface area contributed by atoms with Gasteiger partial charge in [-0.05, 0) is 42.8 Å². The average molecular weight is 324 g/mol. The Bertz CT molecular complexity index is 842. The van der Waals surface area contributed by atoms with Crippen molar-refractivity contribution in [3.63, 3.8) is 0 Å². The predicted octanol–water partition coefficient (Wildman–Crippen LogP) is 2.75. The van der Waals surface area contributed by atoms with Gasteiger partial charge in [-0.3, -0.25) is 4.98 Å². The zero-order valence-corrected chi connectivity index (χ0v) is 13.6. The van der Waals surface area contributed by atoms with E-state index < -0.39 is 5.97 Å². The molecule has 1 aliphatic rings. The van der Waals surface area contributed by atoms with Crippen LogP contribution in [0.15, 0.2) is 47.3 Å². The molecular weight excluding hydrogens is 308 g/mol. The van der Waals surface area contributed by atoms with Crippen molar-refractivity contribution in [3.05, 3.63) is 59.0 Å². The zero-order valence-electron chi connectivity index (χ0n) is 13.6. The molecule has 0 fully saturated rings. The molecule has 0 atom stereocenters. The van der Waals surface area contributed by atoms with Crippen molar-refractivity contribution in [1.82, 2.24) is 4.98 Å². The molecule has 0 radical (unpaired) electrons. The van der Waals surface area contributed by atoms with Crippen LogP contribution in [0.2, 0.25) is 0 Å². The first-order chi connectivity index (χ1) is 11.6. The van der Waals surface area contributed by atoms with Crippen LogP contribution in [-0.2, 0) is 9.53 Å². The summed E-state index contributed by atoms with van der Waals surface area (Å²) in [5.74, 6) is 1.07. The molecule has 1 aromatic carbocycles. The van der Waals surface area contributed by atoms with Gasteiger partial charge in [-0.25, -0.2) is 9.79 Å². The molecular formula is C18H16N2O4. The van der Waals surface area contributed by atoms with E-state index in [9.17, 15) is 4.79 Å². The van der Waals surface area contributed by atoms with Gasteiger partial charge < -0.3 is 14.2 Å². The molecule has 0 saturated heterocycles. The van der Waals surface area contributed by atoms with E-state index in [2.05, 4.69) is 9.98 Å². The maximum absolute atomic E-state index is 12.1. The minimum atomic E-state index is -0.511. The van der Waals surface area contributed by atoms with E-state index >= 15 is 0 Å². The number of cyclic esters (lactones) is 1. The maximum Gasteiger partial charge on any atom is 0.363 e. The van der Waals surface area contributed by atoms with E-state index in [1.54, 1.807) is 50.9 Å². The second-order valence-electron chi connectivity index (χ2n) is 5.14. The second-order valence-corrected chi connectivity index (χ2v) is 5.14. The third kappa shape index (κ3) is 2.99. The quantitative estimate of drug-likeness (QED) is 0.639. The standard InChI is InChI=1S/C18H16N2O4/c1-11-8-16(23-3)13(10-15(11)22-2)9-14-18(21)24-17(20-14)12-4-6-19-7-5-12/h4-10H,1-3H3/b14-9+. The summed E-state index contributed by atoms with van der Waals surface area (Å²) in [5.41, 5.74) is 2.51. The average Bonchev–Trinajstić information content (AvgIpc) is 2.97. The third-order valence-corrected chi connectivity index (χ3v) is 3.59. The minimum Gasteiger partial charge on any atom is -0.496 e. The molecule has 0 spiro atoms. The molecule has 3 rings (SSSR count). The first-order valence-corrected chi connectivity index (χ1v) is 7.28. The fourth-order valence-electron chi connectivity index (χ4n) is 2.36. The number of aliphatic imine (C=N–C) groups is 1. The fourth-order valence-corrected chi connectivity index (χ4v) is 2.36. The van der Waals surface area contributed by atoms with E-state index in [1.165, 1.54) is 0 Å². The van der Waals surface area contributed by atoms with Crippen LogP contribution >= 0.6 is 0 Å². The van der Waals surface area contributed by atoms with Gasteiger partial charge in [0.1, 0.15) is 11.5 Å². The molecule has 24 heavy (non-hydrogen) atoms. The number of carbonyl (C=O) groups is 1. The van der Waals surface area contributed by atoms with E-state index in [0.29, 0.717) is 22.6 Å². The van der Waals surface area contributed by atoms with Gasteiger partial charge in [-0.2, -0.15) is 0 Å². The molecule has 1 aromatic heterocycles. The molecule has 0 bridgehead atoms. The van der Waals surface area contributed by atoms with Crippen LogP contribution < -0.4 is 9.47 Å². The van der Waals surface area contributed by atoms with Crippen molar-refractivity contribution < 1.29 is 19.0 Å². The number of rotatable bonds is 4. The molecule has 0 amide bonds. The molecule has 6 nitrogen and oxygen atoms in total. The Morgan fingerprint density at radius 1 is 1.08 bits per heavy atom. The van der Waals surface area contributed by atoms with E-state index in [0.717, 1.165) is 5.56 Å². The number of hydrogen-bond acceptors (Lipinski definition) is 6. The second kappa shape index (κ2) is 6.54. The molecule has 0 N–H and O–H groups in total. The number of nitrogens with zero attached hydrogens (tertiary/aromatic N) is 2. The van der Waals surface area contributed by atoms with Crippen LogP contribution in [0.5, 0.6) is 11.5 Å². The van der Waals surface area contributed by atoms with Crippen molar-refractivity contribution in [2.24, 2.45) is 4.99 Å². The van der Waals surface area contributed by atoms with Crippen molar-refractivity contribution in [1.29, 1.82) is 0 Å². The summed E-state index contributed by atoms with van der Waals surface area (Å²) in [4.78, 5) is 20.3. The van der Waals surface area contributed by atoms with Crippen LogP contribution in [0.4, 0.5) is 0 Å². The van der Waals surface area contributed by atoms with Crippen molar-refractivity contribution in [3.8, 4) is 11.5 Å². The van der Waals surface area contributed by atoms with Gasteiger partial charge in [0.15, 0.2) is 5.70 Å². The van der Waals surface area contributed by atoms with Crippen LogP contribution in [0.25, 0.3) is 6.08 Å². The van der Waals surface area contributed by atoms with Gasteiger partial charge in [0.05, 0.1) is 14.2 Å². The molecule has 2 heterocycles. The normalized spacial score (nSPS) is 15.2. The topological polar surface area (TPSA) is 70.0 Å². The fraction of sp³-hybridized carbons (Fsp3) is 0.167. The van der Waals surface area contributed by atoms with Crippen LogP contribution in [0, 0.1) is 6.92 Å². The van der Waals surface area contributed by atoms with Gasteiger partial charge in [0, 0.05) is 23.5 Å². The Kier molecular flexibility index (Phi) is 4.29. The highest BCUT2D eigenvalue weighted by atomic mass is 16.6. The largest absolute Gasteiger partial charge is 0.496 e. The van der Waals surface area contributed by atoms with Gasteiger partial charge >= 0.3 is 5.97 Å². The summed E-state index contributed by atoms with van der Waals surface area (Å²) in [6.07, 6.45) is 4.85. The SMILES string of the molecule is COc1cc(/C=C2/N=C(c3ccncc3)OC2=O)c(OC)cc1C. The van der Waals surface area contributed by atoms with Gasteiger partial charge in [-0.15, -0.1) is 0 Å². The number of hydrogen-bond donors (Lipinski definition) is 0. The summed E-state index contributed by atoms with van der Waals surface area (Å²) in [5, 5.41) is 0. The lowest BCUT2D eigenvalue weighted by molar-refractivity contribution is -0.129. The predicted molar refractivity (Wildman–Crippen MR) is 89.1 cm³/mol. The lowest BCUT2D eigenvalue weighted by Crippen LogP contribution is -2.05. The highest BCUT2D eigenvalue weighted by Crippen LogP contribution is 2.31. The van der Waals surface area contributed by atoms with Crippen LogP contribution in [0.3, 0.4) is 0 Å². The first-order valence-electron chi connectivity index (χ1n) is 7.28. The van der Waals surface area contributed by atoms with Crippen molar-refractivity contribution in [2.45, 2.75) is 6.92 Å². The van der Waals surface area contributed by atoms with Crippen molar-refractivity contribution in [2.75, 3.05) is 14.2 Å². The highest BCUT2D eigenvalue weighted by Gasteiger charge is 2.24. The Morgan fingerprint density at radius 2 is 1.79 bits per heavy atom. The first kappa shape index (κ1) is 15.7. The number of carbonyl (C=O) groups excluding carboxylic acids is 1. The molecule has 1 aliphatic heterocycles. The number of aryl methyl sites for hydroxylation is 1. The lowest BCUT2D eigenvalue weighted by Gasteiger charge is -2.10. The number of methoxy groups -OCH3 is 2. The monoisotopic (exact) mass is 324 g/mol. The lowest BCUT2D eigenvalue weighted by atomic mass is 10.1. The molecule has 0 aliphatic carbocycles. The van der Waals surface area contributed by atoms with Gasteiger partial charge in [-0.1, -0.05) is 0 Å². The summed E-state index contributed by atoms with van der Waals surface area (Å²) in [6.45, 7) is 1.92. The number of pyridine rings is 1. The van der Waals surface area contributed by atoms with E-state index in [1.807, 2.05) is 13.0 Å². The Hall–Kier alpha value is -3.15. The molecule has 122 valence electrons. The number of esters is 1. The minimum absolute atomic E-state index is 0.200. The zero-order chi connectivity index (χ0) is 17.1. The Morgan fingerprint density at radius 3 is 2.46 bits per heavy atom. The number of ether oxygens (including phenoxy) is 3. The maximum atomic E-state index is 12.1. The number of aromatic nitrogens is 1. The molecule has 6 heteroatoms. The van der Waals surface area contributed by atoms with Gasteiger partial charge in [0.2, 0.25) is 5.90 Å². The van der Waals surface area contributed by atoms with E-state index in [4.69, 9.17) is 14.2 Å². The summed E-state index contributed by atoms with van der Waals surface area (Å²) >= 11 is 0. The van der Waals surface area contributed by atoms with Gasteiger partial charge in [0.25, 0.3) is 0 Å². The summed E-state index contributed by atoms with van der Waals surface area (Å²) in [7, 11) is 3.16. The number of benzene rings is 1. The summed E-state index contributed by atoms with van der Waals surface area (Å²) < 4.78 is 15.9. The molecule has 2 aromatic rings. The Balaban J connectivity index is 2.02. The van der Waals surface area contributed by atoms with Crippen LogP contribution in [0.1, 0.15) is 16.7 Å². The van der Waals surface area contributed by atoms with E-state index in [-0.39, 0.29) is 11.6 Å². The van der Waals surface area contributed by atoms with Crippen molar-refractivity contribution >= 4 is 17.9 Å².